The third-order valence-electron chi connectivity index (χ3n) is 5.98. The van der Waals surface area contributed by atoms with Gasteiger partial charge in [0.2, 0.25) is 5.91 Å². The van der Waals surface area contributed by atoms with Crippen molar-refractivity contribution in [3.8, 4) is 11.4 Å². The van der Waals surface area contributed by atoms with E-state index >= 15 is 0 Å². The van der Waals surface area contributed by atoms with E-state index in [0.717, 1.165) is 36.5 Å². The third-order valence-corrected chi connectivity index (χ3v) is 5.98. The Labute approximate surface area is 193 Å². The highest BCUT2D eigenvalue weighted by Gasteiger charge is 2.40. The van der Waals surface area contributed by atoms with E-state index in [4.69, 9.17) is 14.9 Å². The van der Waals surface area contributed by atoms with Crippen LogP contribution in [0, 0.1) is 0 Å². The van der Waals surface area contributed by atoms with Crippen LogP contribution in [0.25, 0.3) is 11.4 Å². The Hall–Kier alpha value is -2.82. The molecule has 4 rings (SSSR count). The van der Waals surface area contributed by atoms with Gasteiger partial charge in [0, 0.05) is 38.4 Å². The summed E-state index contributed by atoms with van der Waals surface area (Å²) in [7, 11) is 0. The minimum atomic E-state index is -0.520. The van der Waals surface area contributed by atoms with Crippen LogP contribution in [-0.4, -0.2) is 81.6 Å². The number of aromatic nitrogens is 3. The minimum Gasteiger partial charge on any atom is -0.387 e. The molecule has 1 saturated heterocycles. The number of hydrogen-bond acceptors (Lipinski definition) is 7. The monoisotopic (exact) mass is 456 g/mol. The molecule has 10 nitrogen and oxygen atoms in total. The van der Waals surface area contributed by atoms with E-state index in [-0.39, 0.29) is 18.0 Å². The molecule has 2 aromatic heterocycles. The Morgan fingerprint density at radius 1 is 1.39 bits per heavy atom. The molecule has 0 aromatic carbocycles. The number of pyridine rings is 1. The summed E-state index contributed by atoms with van der Waals surface area (Å²) in [5.74, 6) is -0.384. The van der Waals surface area contributed by atoms with E-state index in [1.807, 2.05) is 40.8 Å². The second-order valence-corrected chi connectivity index (χ2v) is 8.47. The first-order chi connectivity index (χ1) is 16.1. The molecule has 1 aliphatic carbocycles. The van der Waals surface area contributed by atoms with E-state index in [1.54, 1.807) is 6.20 Å². The van der Waals surface area contributed by atoms with Gasteiger partial charge in [-0.2, -0.15) is 5.10 Å². The molecular formula is C23H32N6O4. The van der Waals surface area contributed by atoms with Crippen LogP contribution >= 0.6 is 0 Å². The van der Waals surface area contributed by atoms with Crippen molar-refractivity contribution in [3.63, 3.8) is 0 Å². The molecule has 1 saturated carbocycles. The highest BCUT2D eigenvalue weighted by Crippen LogP contribution is 2.36. The number of aliphatic hydroxyl groups excluding tert-OH is 1. The molecule has 2 fully saturated rings. The minimum absolute atomic E-state index is 0.0119. The van der Waals surface area contributed by atoms with E-state index in [0.29, 0.717) is 32.7 Å². The molecule has 3 N–H and O–H groups in total. The van der Waals surface area contributed by atoms with Crippen molar-refractivity contribution in [2.75, 3.05) is 32.8 Å². The number of hydrogen-bond donors (Lipinski definition) is 3. The van der Waals surface area contributed by atoms with E-state index in [9.17, 15) is 9.59 Å². The average molecular weight is 457 g/mol. The Morgan fingerprint density at radius 3 is 2.91 bits per heavy atom. The SMILES string of the molecule is C[C@H](c1cc(-c2ccccn2)n(CCCNC(=O)CO)n1)N(C(=O)[C@H]1CNCCO1)C1CC1. The molecule has 2 aliphatic rings. The third kappa shape index (κ3) is 5.76. The number of amides is 2. The molecule has 3 heterocycles. The summed E-state index contributed by atoms with van der Waals surface area (Å²) in [6.45, 7) is 4.33. The number of morpholine rings is 1. The van der Waals surface area contributed by atoms with Crippen molar-refractivity contribution in [1.82, 2.24) is 30.3 Å². The number of aliphatic hydroxyl groups is 1. The number of nitrogens with one attached hydrogen (secondary N) is 2. The van der Waals surface area contributed by atoms with Crippen LogP contribution < -0.4 is 10.6 Å². The summed E-state index contributed by atoms with van der Waals surface area (Å²) in [5.41, 5.74) is 2.47. The molecule has 2 aromatic rings. The first-order valence-corrected chi connectivity index (χ1v) is 11.6. The fraction of sp³-hybridized carbons (Fsp3) is 0.565. The molecular weight excluding hydrogens is 424 g/mol. The largest absolute Gasteiger partial charge is 0.387 e. The van der Waals surface area contributed by atoms with Crippen molar-refractivity contribution >= 4 is 11.8 Å². The van der Waals surface area contributed by atoms with Crippen LogP contribution in [0.1, 0.15) is 37.9 Å². The summed E-state index contributed by atoms with van der Waals surface area (Å²) in [6, 6.07) is 7.74. The van der Waals surface area contributed by atoms with Gasteiger partial charge in [-0.1, -0.05) is 6.07 Å². The van der Waals surface area contributed by atoms with E-state index in [1.165, 1.54) is 0 Å². The summed E-state index contributed by atoms with van der Waals surface area (Å²) in [5, 5.41) is 19.6. The lowest BCUT2D eigenvalue weighted by molar-refractivity contribution is -0.148. The highest BCUT2D eigenvalue weighted by atomic mass is 16.5. The molecule has 0 radical (unpaired) electrons. The molecule has 10 heteroatoms. The van der Waals surface area contributed by atoms with Gasteiger partial charge < -0.3 is 25.4 Å². The zero-order chi connectivity index (χ0) is 23.2. The number of ether oxygens (including phenoxy) is 1. The van der Waals surface area contributed by atoms with Gasteiger partial charge >= 0.3 is 0 Å². The topological polar surface area (TPSA) is 122 Å². The lowest BCUT2D eigenvalue weighted by Crippen LogP contribution is -2.50. The molecule has 178 valence electrons. The lowest BCUT2D eigenvalue weighted by Gasteiger charge is -2.33. The molecule has 33 heavy (non-hydrogen) atoms. The van der Waals surface area contributed by atoms with Crippen molar-refractivity contribution in [2.45, 2.75) is 50.9 Å². The van der Waals surface area contributed by atoms with Gasteiger partial charge in [-0.25, -0.2) is 0 Å². The van der Waals surface area contributed by atoms with Crippen LogP contribution in [0.2, 0.25) is 0 Å². The summed E-state index contributed by atoms with van der Waals surface area (Å²) < 4.78 is 7.62. The Balaban J connectivity index is 1.54. The number of carbonyl (C=O) groups is 2. The molecule has 2 atom stereocenters. The zero-order valence-corrected chi connectivity index (χ0v) is 18.9. The van der Waals surface area contributed by atoms with E-state index < -0.39 is 18.6 Å². The van der Waals surface area contributed by atoms with Crippen molar-refractivity contribution in [1.29, 1.82) is 0 Å². The van der Waals surface area contributed by atoms with Crippen molar-refractivity contribution < 1.29 is 19.4 Å². The number of carbonyl (C=O) groups excluding carboxylic acids is 2. The van der Waals surface area contributed by atoms with Gasteiger partial charge in [0.15, 0.2) is 0 Å². The van der Waals surface area contributed by atoms with Crippen LogP contribution in [0.5, 0.6) is 0 Å². The van der Waals surface area contributed by atoms with Gasteiger partial charge in [-0.3, -0.25) is 19.3 Å². The fourth-order valence-corrected chi connectivity index (χ4v) is 4.12. The van der Waals surface area contributed by atoms with Crippen LogP contribution in [0.3, 0.4) is 0 Å². The maximum absolute atomic E-state index is 13.3. The number of aryl methyl sites for hydroxylation is 1. The van der Waals surface area contributed by atoms with Crippen LogP contribution in [-0.2, 0) is 20.9 Å². The maximum Gasteiger partial charge on any atom is 0.253 e. The van der Waals surface area contributed by atoms with Crippen LogP contribution in [0.15, 0.2) is 30.5 Å². The Morgan fingerprint density at radius 2 is 2.24 bits per heavy atom. The fourth-order valence-electron chi connectivity index (χ4n) is 4.12. The van der Waals surface area contributed by atoms with Crippen molar-refractivity contribution in [2.24, 2.45) is 0 Å². The molecule has 0 unspecified atom stereocenters. The second-order valence-electron chi connectivity index (χ2n) is 8.47. The van der Waals surface area contributed by atoms with Gasteiger partial charge in [0.25, 0.3) is 5.91 Å². The lowest BCUT2D eigenvalue weighted by atomic mass is 10.1. The summed E-state index contributed by atoms with van der Waals surface area (Å²) in [4.78, 5) is 31.0. The number of nitrogens with zero attached hydrogens (tertiary/aromatic N) is 4. The van der Waals surface area contributed by atoms with Crippen molar-refractivity contribution in [3.05, 3.63) is 36.2 Å². The van der Waals surface area contributed by atoms with Gasteiger partial charge in [-0.15, -0.1) is 0 Å². The van der Waals surface area contributed by atoms with Crippen LogP contribution in [0.4, 0.5) is 0 Å². The summed E-state index contributed by atoms with van der Waals surface area (Å²) >= 11 is 0. The molecule has 2 amide bonds. The normalized spacial score (nSPS) is 19.2. The predicted octanol–water partition coefficient (Wildman–Crippen LogP) is 0.484. The molecule has 1 aliphatic heterocycles. The smallest absolute Gasteiger partial charge is 0.253 e. The second kappa shape index (κ2) is 10.9. The van der Waals surface area contributed by atoms with Gasteiger partial charge in [0.1, 0.15) is 12.7 Å². The zero-order valence-electron chi connectivity index (χ0n) is 18.9. The predicted molar refractivity (Wildman–Crippen MR) is 121 cm³/mol. The number of rotatable bonds is 10. The summed E-state index contributed by atoms with van der Waals surface area (Å²) in [6.07, 6.45) is 3.91. The van der Waals surface area contributed by atoms with E-state index in [2.05, 4.69) is 15.6 Å². The van der Waals surface area contributed by atoms with Gasteiger partial charge in [0.05, 0.1) is 29.7 Å². The average Bonchev–Trinajstić information content (AvgIpc) is 3.60. The highest BCUT2D eigenvalue weighted by molar-refractivity contribution is 5.82. The van der Waals surface area contributed by atoms with Gasteiger partial charge in [-0.05, 0) is 44.4 Å². The maximum atomic E-state index is 13.3. The molecule has 0 spiro atoms. The first kappa shape index (κ1) is 23.3. The quantitative estimate of drug-likeness (QED) is 0.445. The first-order valence-electron chi connectivity index (χ1n) is 11.6. The Kier molecular flexibility index (Phi) is 7.69. The standard InChI is InChI=1S/C23H32N6O4/c1-16(29(17-6-7-17)23(32)21-14-24-10-12-33-21)19-13-20(18-5-2-3-8-25-18)28(27-19)11-4-9-26-22(31)15-30/h2-3,5,8,13,16-17,21,24,30H,4,6-7,9-12,14-15H2,1H3,(H,26,31)/t16-,21-/m1/s1. The molecule has 0 bridgehead atoms. The Bertz CT molecular complexity index is 940.